The van der Waals surface area contributed by atoms with E-state index >= 15 is 0 Å². The SMILES string of the molecule is CC(C)(C)Nc1c(NC(C)(C)S)c(=O)c1=O. The Morgan fingerprint density at radius 1 is 0.875 bits per heavy atom. The number of hydrogen-bond donors (Lipinski definition) is 3. The van der Waals surface area contributed by atoms with Gasteiger partial charge in [-0.15, -0.1) is 0 Å². The molecule has 16 heavy (non-hydrogen) atoms. The number of rotatable bonds is 3. The van der Waals surface area contributed by atoms with Crippen LogP contribution in [0.5, 0.6) is 0 Å². The molecule has 0 saturated heterocycles. The quantitative estimate of drug-likeness (QED) is 0.428. The lowest BCUT2D eigenvalue weighted by Gasteiger charge is -2.28. The second-order valence-corrected chi connectivity index (χ2v) is 6.59. The third-order valence-electron chi connectivity index (χ3n) is 1.84. The monoisotopic (exact) mass is 242 g/mol. The van der Waals surface area contributed by atoms with Crippen LogP contribution in [0, 0.1) is 0 Å². The molecule has 0 bridgehead atoms. The van der Waals surface area contributed by atoms with Crippen LogP contribution in [-0.2, 0) is 0 Å². The average molecular weight is 242 g/mol. The van der Waals surface area contributed by atoms with Gasteiger partial charge in [0.15, 0.2) is 0 Å². The molecule has 0 radical (unpaired) electrons. The van der Waals surface area contributed by atoms with E-state index in [0.29, 0.717) is 11.4 Å². The van der Waals surface area contributed by atoms with Gasteiger partial charge in [0.2, 0.25) is 0 Å². The van der Waals surface area contributed by atoms with E-state index in [9.17, 15) is 9.59 Å². The predicted molar refractivity (Wildman–Crippen MR) is 71.4 cm³/mol. The van der Waals surface area contributed by atoms with Gasteiger partial charge in [-0.1, -0.05) is 0 Å². The molecule has 0 saturated carbocycles. The van der Waals surface area contributed by atoms with Crippen LogP contribution in [0.2, 0.25) is 0 Å². The summed E-state index contributed by atoms with van der Waals surface area (Å²) >= 11 is 4.27. The molecule has 0 aliphatic heterocycles. The third kappa shape index (κ3) is 3.01. The molecule has 1 aromatic rings. The van der Waals surface area contributed by atoms with E-state index in [1.54, 1.807) is 0 Å². The molecule has 0 aliphatic rings. The van der Waals surface area contributed by atoms with Gasteiger partial charge in [-0.3, -0.25) is 9.59 Å². The lowest BCUT2D eigenvalue weighted by atomic mass is 10.1. The molecule has 0 aromatic heterocycles. The number of anilines is 2. The Hall–Kier alpha value is -0.970. The maximum absolute atomic E-state index is 11.4. The van der Waals surface area contributed by atoms with Gasteiger partial charge in [0.05, 0.1) is 4.87 Å². The standard InChI is InChI=1S/C11H18N2O2S/c1-10(2,3)12-6-7(9(15)8(6)14)13-11(4,5)16/h12-13,16H,1-5H3. The largest absolute Gasteiger partial charge is 0.375 e. The van der Waals surface area contributed by atoms with Crippen molar-refractivity contribution < 1.29 is 0 Å². The predicted octanol–water partition coefficient (Wildman–Crippen LogP) is 1.57. The molecule has 0 aliphatic carbocycles. The van der Waals surface area contributed by atoms with Crippen molar-refractivity contribution in [3.05, 3.63) is 20.4 Å². The number of nitrogens with one attached hydrogen (secondary N) is 2. The topological polar surface area (TPSA) is 58.2 Å². The van der Waals surface area contributed by atoms with Crippen LogP contribution >= 0.6 is 12.6 Å². The summed E-state index contributed by atoms with van der Waals surface area (Å²) in [5, 5.41) is 5.94. The van der Waals surface area contributed by atoms with E-state index < -0.39 is 15.7 Å². The lowest BCUT2D eigenvalue weighted by molar-refractivity contribution is 0.632. The molecule has 0 amide bonds. The van der Waals surface area contributed by atoms with Gasteiger partial charge >= 0.3 is 0 Å². The van der Waals surface area contributed by atoms with Crippen LogP contribution in [0.4, 0.5) is 11.4 Å². The first-order chi connectivity index (χ1) is 7.01. The number of hydrogen-bond acceptors (Lipinski definition) is 5. The summed E-state index contributed by atoms with van der Waals surface area (Å²) in [6, 6.07) is 0. The van der Waals surface area contributed by atoms with Gasteiger partial charge in [0, 0.05) is 5.54 Å². The van der Waals surface area contributed by atoms with Gasteiger partial charge in [-0.2, -0.15) is 12.6 Å². The summed E-state index contributed by atoms with van der Waals surface area (Å²) in [6.45, 7) is 9.42. The fraction of sp³-hybridized carbons (Fsp3) is 0.636. The molecule has 90 valence electrons. The van der Waals surface area contributed by atoms with E-state index in [1.807, 2.05) is 34.6 Å². The third-order valence-corrected chi connectivity index (χ3v) is 1.95. The second-order valence-electron chi connectivity index (χ2n) is 5.47. The maximum atomic E-state index is 11.4. The molecule has 2 N–H and O–H groups in total. The number of thiol groups is 1. The smallest absolute Gasteiger partial charge is 0.253 e. The Balaban J connectivity index is 3.00. The highest BCUT2D eigenvalue weighted by Crippen LogP contribution is 2.24. The van der Waals surface area contributed by atoms with E-state index in [1.165, 1.54) is 0 Å². The molecular formula is C11H18N2O2S. The fourth-order valence-corrected chi connectivity index (χ4v) is 1.42. The summed E-state index contributed by atoms with van der Waals surface area (Å²) in [4.78, 5) is 22.3. The van der Waals surface area contributed by atoms with Crippen molar-refractivity contribution in [1.82, 2.24) is 0 Å². The van der Waals surface area contributed by atoms with E-state index in [-0.39, 0.29) is 5.54 Å². The van der Waals surface area contributed by atoms with Crippen LogP contribution < -0.4 is 21.5 Å². The van der Waals surface area contributed by atoms with Crippen molar-refractivity contribution in [3.8, 4) is 0 Å². The minimum absolute atomic E-state index is 0.251. The first kappa shape index (κ1) is 13.1. The van der Waals surface area contributed by atoms with Gasteiger partial charge in [-0.25, -0.2) is 0 Å². The molecule has 1 aromatic carbocycles. The maximum Gasteiger partial charge on any atom is 0.253 e. The van der Waals surface area contributed by atoms with Gasteiger partial charge in [0.25, 0.3) is 10.9 Å². The van der Waals surface area contributed by atoms with Gasteiger partial charge in [0.1, 0.15) is 11.4 Å². The van der Waals surface area contributed by atoms with Crippen molar-refractivity contribution in [2.24, 2.45) is 0 Å². The molecule has 0 fully saturated rings. The molecule has 0 spiro atoms. The molecule has 5 heteroatoms. The minimum Gasteiger partial charge on any atom is -0.375 e. The van der Waals surface area contributed by atoms with Crippen molar-refractivity contribution in [2.45, 2.75) is 45.0 Å². The average Bonchev–Trinajstić information content (AvgIpc) is 2.07. The van der Waals surface area contributed by atoms with Crippen LogP contribution in [0.1, 0.15) is 34.6 Å². The second kappa shape index (κ2) is 3.80. The van der Waals surface area contributed by atoms with Gasteiger partial charge < -0.3 is 10.6 Å². The van der Waals surface area contributed by atoms with Crippen molar-refractivity contribution in [2.75, 3.05) is 10.6 Å². The van der Waals surface area contributed by atoms with Crippen molar-refractivity contribution in [3.63, 3.8) is 0 Å². The summed E-state index contributed by atoms with van der Waals surface area (Å²) in [5.41, 5.74) is -0.497. The Labute approximate surface area is 101 Å². The molecule has 0 atom stereocenters. The summed E-state index contributed by atoms with van der Waals surface area (Å²) < 4.78 is 0. The first-order valence-electron chi connectivity index (χ1n) is 5.13. The molecule has 0 heterocycles. The molecule has 0 unspecified atom stereocenters. The van der Waals surface area contributed by atoms with E-state index in [4.69, 9.17) is 0 Å². The first-order valence-corrected chi connectivity index (χ1v) is 5.58. The Morgan fingerprint density at radius 3 is 1.56 bits per heavy atom. The summed E-state index contributed by atoms with van der Waals surface area (Å²) in [7, 11) is 0. The minimum atomic E-state index is -0.531. The highest BCUT2D eigenvalue weighted by Gasteiger charge is 2.27. The van der Waals surface area contributed by atoms with Crippen LogP contribution in [0.15, 0.2) is 9.59 Å². The highest BCUT2D eigenvalue weighted by molar-refractivity contribution is 7.81. The van der Waals surface area contributed by atoms with Crippen LogP contribution in [0.25, 0.3) is 0 Å². The molecule has 4 nitrogen and oxygen atoms in total. The lowest BCUT2D eigenvalue weighted by Crippen LogP contribution is -2.44. The Morgan fingerprint density at radius 2 is 1.25 bits per heavy atom. The van der Waals surface area contributed by atoms with Crippen molar-refractivity contribution in [1.29, 1.82) is 0 Å². The molecule has 1 rings (SSSR count). The van der Waals surface area contributed by atoms with Gasteiger partial charge in [-0.05, 0) is 34.6 Å². The molecular weight excluding hydrogens is 224 g/mol. The summed E-state index contributed by atoms with van der Waals surface area (Å²) in [5.74, 6) is 0. The van der Waals surface area contributed by atoms with Crippen LogP contribution in [0.3, 0.4) is 0 Å². The summed E-state index contributed by atoms with van der Waals surface area (Å²) in [6.07, 6.45) is 0. The zero-order chi connectivity index (χ0) is 12.7. The normalized spacial score (nSPS) is 12.9. The zero-order valence-electron chi connectivity index (χ0n) is 10.3. The highest BCUT2D eigenvalue weighted by atomic mass is 32.1. The Bertz CT molecular complexity index is 416. The zero-order valence-corrected chi connectivity index (χ0v) is 11.2. The van der Waals surface area contributed by atoms with Crippen LogP contribution in [-0.4, -0.2) is 10.4 Å². The van der Waals surface area contributed by atoms with E-state index in [2.05, 4.69) is 23.3 Å². The fourth-order valence-electron chi connectivity index (χ4n) is 1.31. The van der Waals surface area contributed by atoms with E-state index in [0.717, 1.165) is 0 Å². The van der Waals surface area contributed by atoms with Crippen molar-refractivity contribution >= 4 is 24.0 Å². The Kier molecular flexibility index (Phi) is 3.11.